The number of H-pyrrole nitrogens is 1. The average Bonchev–Trinajstić information content (AvgIpc) is 2.66. The topological polar surface area (TPSA) is 78.5 Å². The minimum absolute atomic E-state index is 0.0520. The zero-order valence-electron chi connectivity index (χ0n) is 14.0. The van der Waals surface area contributed by atoms with Gasteiger partial charge in [0, 0.05) is 38.4 Å². The molecule has 0 spiro atoms. The molecule has 1 amide bonds. The third-order valence-electron chi connectivity index (χ3n) is 4.04. The number of para-hydroxylation sites is 2. The summed E-state index contributed by atoms with van der Waals surface area (Å²) in [5, 5.41) is 0.466. The summed E-state index contributed by atoms with van der Waals surface area (Å²) in [7, 11) is 1.66. The lowest BCUT2D eigenvalue weighted by Gasteiger charge is -2.36. The molecular formula is C17H20N4O3S. The van der Waals surface area contributed by atoms with Crippen LogP contribution in [0.5, 0.6) is 5.75 Å². The molecule has 1 fully saturated rings. The third kappa shape index (κ3) is 4.33. The molecule has 8 heteroatoms. The lowest BCUT2D eigenvalue weighted by atomic mass is 10.2. The van der Waals surface area contributed by atoms with Gasteiger partial charge in [-0.15, -0.1) is 0 Å². The summed E-state index contributed by atoms with van der Waals surface area (Å²) in [6.45, 7) is 2.85. The van der Waals surface area contributed by atoms with Crippen LogP contribution in [0.1, 0.15) is 0 Å². The van der Waals surface area contributed by atoms with Gasteiger partial charge in [-0.05, 0) is 12.1 Å². The molecule has 0 radical (unpaired) electrons. The maximum absolute atomic E-state index is 12.4. The Morgan fingerprint density at radius 3 is 2.72 bits per heavy atom. The van der Waals surface area contributed by atoms with Crippen LogP contribution in [0.4, 0.5) is 5.69 Å². The highest BCUT2D eigenvalue weighted by Crippen LogP contribution is 2.28. The highest BCUT2D eigenvalue weighted by atomic mass is 32.2. The molecule has 2 heterocycles. The number of anilines is 1. The van der Waals surface area contributed by atoms with Crippen LogP contribution in [0.15, 0.2) is 46.5 Å². The fraction of sp³-hybridized carbons (Fsp3) is 0.353. The predicted molar refractivity (Wildman–Crippen MR) is 97.4 cm³/mol. The lowest BCUT2D eigenvalue weighted by molar-refractivity contribution is -0.128. The van der Waals surface area contributed by atoms with E-state index in [1.165, 1.54) is 24.0 Å². The number of nitrogens with zero attached hydrogens (tertiary/aromatic N) is 3. The van der Waals surface area contributed by atoms with Gasteiger partial charge < -0.3 is 19.5 Å². The predicted octanol–water partition coefficient (Wildman–Crippen LogP) is 1.22. The number of ether oxygens (including phenoxy) is 1. The Morgan fingerprint density at radius 2 is 2.00 bits per heavy atom. The van der Waals surface area contributed by atoms with Gasteiger partial charge in [-0.3, -0.25) is 9.59 Å². The average molecular weight is 360 g/mol. The van der Waals surface area contributed by atoms with E-state index >= 15 is 0 Å². The summed E-state index contributed by atoms with van der Waals surface area (Å²) < 4.78 is 5.41. The van der Waals surface area contributed by atoms with Crippen LogP contribution in [0, 0.1) is 0 Å². The van der Waals surface area contributed by atoms with Crippen molar-refractivity contribution in [3.8, 4) is 5.75 Å². The number of carbonyl (C=O) groups is 1. The fourth-order valence-corrected chi connectivity index (χ4v) is 3.49. The number of hydrogen-bond donors (Lipinski definition) is 1. The summed E-state index contributed by atoms with van der Waals surface area (Å²) in [5.74, 6) is 1.16. The van der Waals surface area contributed by atoms with Crippen molar-refractivity contribution >= 4 is 23.4 Å². The molecule has 0 unspecified atom stereocenters. The molecular weight excluding hydrogens is 340 g/mol. The van der Waals surface area contributed by atoms with Crippen LogP contribution in [-0.4, -0.2) is 59.8 Å². The highest BCUT2D eigenvalue weighted by molar-refractivity contribution is 7.99. The van der Waals surface area contributed by atoms with E-state index < -0.39 is 0 Å². The zero-order valence-corrected chi connectivity index (χ0v) is 14.8. The number of rotatable bonds is 5. The van der Waals surface area contributed by atoms with E-state index in [1.807, 2.05) is 29.2 Å². The molecule has 0 saturated carbocycles. The number of hydrogen-bond acceptors (Lipinski definition) is 6. The number of nitrogens with one attached hydrogen (secondary N) is 1. The van der Waals surface area contributed by atoms with E-state index in [2.05, 4.69) is 14.9 Å². The van der Waals surface area contributed by atoms with Gasteiger partial charge >= 0.3 is 0 Å². The van der Waals surface area contributed by atoms with E-state index in [-0.39, 0.29) is 17.2 Å². The molecule has 0 aliphatic carbocycles. The Hall–Kier alpha value is -2.48. The monoisotopic (exact) mass is 360 g/mol. The first kappa shape index (κ1) is 17.3. The summed E-state index contributed by atoms with van der Waals surface area (Å²) in [5.41, 5.74) is 0.841. The Morgan fingerprint density at radius 1 is 1.24 bits per heavy atom. The first-order chi connectivity index (χ1) is 12.2. The lowest BCUT2D eigenvalue weighted by Crippen LogP contribution is -2.49. The van der Waals surface area contributed by atoms with E-state index in [0.717, 1.165) is 24.5 Å². The Labute approximate surface area is 150 Å². The van der Waals surface area contributed by atoms with Crippen LogP contribution >= 0.6 is 11.8 Å². The molecule has 1 N–H and O–H groups in total. The van der Waals surface area contributed by atoms with Gasteiger partial charge in [0.15, 0.2) is 5.16 Å². The molecule has 1 aliphatic rings. The second-order valence-electron chi connectivity index (χ2n) is 5.57. The first-order valence-electron chi connectivity index (χ1n) is 8.01. The molecule has 3 rings (SSSR count). The fourth-order valence-electron chi connectivity index (χ4n) is 2.73. The minimum Gasteiger partial charge on any atom is -0.495 e. The van der Waals surface area contributed by atoms with Crippen LogP contribution in [0.3, 0.4) is 0 Å². The molecule has 7 nitrogen and oxygen atoms in total. The number of aromatic nitrogens is 2. The van der Waals surface area contributed by atoms with E-state index in [4.69, 9.17) is 4.74 Å². The zero-order chi connectivity index (χ0) is 17.6. The Bertz CT molecular complexity index is 787. The number of methoxy groups -OCH3 is 1. The number of aromatic amines is 1. The molecule has 132 valence electrons. The minimum atomic E-state index is -0.213. The third-order valence-corrected chi connectivity index (χ3v) is 4.91. The van der Waals surface area contributed by atoms with Gasteiger partial charge in [0.1, 0.15) is 5.75 Å². The number of benzene rings is 1. The molecule has 1 aromatic heterocycles. The van der Waals surface area contributed by atoms with Crippen LogP contribution in [0.25, 0.3) is 0 Å². The van der Waals surface area contributed by atoms with Crippen molar-refractivity contribution in [3.05, 3.63) is 46.9 Å². The second-order valence-corrected chi connectivity index (χ2v) is 6.53. The van der Waals surface area contributed by atoms with E-state index in [9.17, 15) is 9.59 Å². The number of carbonyl (C=O) groups excluding carboxylic acids is 1. The summed E-state index contributed by atoms with van der Waals surface area (Å²) in [6, 6.07) is 9.25. The summed E-state index contributed by atoms with van der Waals surface area (Å²) in [4.78, 5) is 34.3. The maximum Gasteiger partial charge on any atom is 0.251 e. The molecule has 0 atom stereocenters. The first-order valence-corrected chi connectivity index (χ1v) is 9.00. The molecule has 1 aliphatic heterocycles. The smallest absolute Gasteiger partial charge is 0.251 e. The number of amides is 1. The van der Waals surface area contributed by atoms with E-state index in [1.54, 1.807) is 7.11 Å². The van der Waals surface area contributed by atoms with Gasteiger partial charge in [-0.25, -0.2) is 4.98 Å². The van der Waals surface area contributed by atoms with Crippen molar-refractivity contribution in [1.29, 1.82) is 0 Å². The van der Waals surface area contributed by atoms with Gasteiger partial charge in [0.2, 0.25) is 5.91 Å². The summed E-state index contributed by atoms with van der Waals surface area (Å²) >= 11 is 1.25. The molecule has 25 heavy (non-hydrogen) atoms. The highest BCUT2D eigenvalue weighted by Gasteiger charge is 2.22. The standard InChI is InChI=1S/C17H20N4O3S/c1-24-14-5-3-2-4-13(14)20-8-10-21(11-9-20)16(23)12-25-17-18-7-6-15(22)19-17/h2-7H,8-12H2,1H3,(H,18,19,22). The van der Waals surface area contributed by atoms with Crippen molar-refractivity contribution in [2.45, 2.75) is 5.16 Å². The van der Waals surface area contributed by atoms with Crippen LogP contribution in [-0.2, 0) is 4.79 Å². The number of piperazine rings is 1. The Balaban J connectivity index is 1.53. The molecule has 0 bridgehead atoms. The normalized spacial score (nSPS) is 14.4. The van der Waals surface area contributed by atoms with Crippen molar-refractivity contribution < 1.29 is 9.53 Å². The van der Waals surface area contributed by atoms with E-state index in [0.29, 0.717) is 18.2 Å². The molecule has 1 aromatic carbocycles. The molecule has 1 saturated heterocycles. The van der Waals surface area contributed by atoms with Crippen molar-refractivity contribution in [2.24, 2.45) is 0 Å². The van der Waals surface area contributed by atoms with Crippen molar-refractivity contribution in [3.63, 3.8) is 0 Å². The van der Waals surface area contributed by atoms with Crippen LogP contribution < -0.4 is 15.2 Å². The SMILES string of the molecule is COc1ccccc1N1CCN(C(=O)CSc2nccc(=O)[nH]2)CC1. The van der Waals surface area contributed by atoms with Crippen molar-refractivity contribution in [1.82, 2.24) is 14.9 Å². The van der Waals surface area contributed by atoms with Crippen LogP contribution in [0.2, 0.25) is 0 Å². The largest absolute Gasteiger partial charge is 0.495 e. The second kappa shape index (κ2) is 8.06. The van der Waals surface area contributed by atoms with Gasteiger partial charge in [0.05, 0.1) is 18.6 Å². The van der Waals surface area contributed by atoms with Crippen molar-refractivity contribution in [2.75, 3.05) is 43.9 Å². The van der Waals surface area contributed by atoms with Gasteiger partial charge in [-0.1, -0.05) is 23.9 Å². The maximum atomic E-state index is 12.4. The quantitative estimate of drug-likeness (QED) is 0.638. The van der Waals surface area contributed by atoms with Gasteiger partial charge in [-0.2, -0.15) is 0 Å². The number of thioether (sulfide) groups is 1. The molecule has 2 aromatic rings. The van der Waals surface area contributed by atoms with Gasteiger partial charge in [0.25, 0.3) is 5.56 Å². The Kier molecular flexibility index (Phi) is 5.60. The summed E-state index contributed by atoms with van der Waals surface area (Å²) in [6.07, 6.45) is 1.44.